The second-order valence-electron chi connectivity index (χ2n) is 4.46. The molecule has 18 heavy (non-hydrogen) atoms. The van der Waals surface area contributed by atoms with Gasteiger partial charge in [0.2, 0.25) is 0 Å². The predicted octanol–water partition coefficient (Wildman–Crippen LogP) is 1.88. The topological polar surface area (TPSA) is 47.6 Å². The van der Waals surface area contributed by atoms with Crippen molar-refractivity contribution >= 4 is 5.97 Å². The number of methoxy groups -OCH3 is 1. The fourth-order valence-electron chi connectivity index (χ4n) is 2.07. The Bertz CT molecular complexity index is 400. The second-order valence-corrected chi connectivity index (χ2v) is 4.46. The molecule has 4 nitrogen and oxygen atoms in total. The van der Waals surface area contributed by atoms with Crippen LogP contribution >= 0.6 is 0 Å². The van der Waals surface area contributed by atoms with E-state index in [-0.39, 0.29) is 12.0 Å². The van der Waals surface area contributed by atoms with Gasteiger partial charge in [0.15, 0.2) is 0 Å². The van der Waals surface area contributed by atoms with Crippen molar-refractivity contribution in [3.63, 3.8) is 0 Å². The first kappa shape index (κ1) is 12.9. The van der Waals surface area contributed by atoms with Gasteiger partial charge in [-0.25, -0.2) is 0 Å². The van der Waals surface area contributed by atoms with E-state index >= 15 is 0 Å². The van der Waals surface area contributed by atoms with Gasteiger partial charge >= 0.3 is 5.97 Å². The zero-order chi connectivity index (χ0) is 12.8. The van der Waals surface area contributed by atoms with Crippen LogP contribution in [0.5, 0.6) is 5.75 Å². The number of hydrogen-bond acceptors (Lipinski definition) is 4. The van der Waals surface area contributed by atoms with Crippen molar-refractivity contribution in [2.45, 2.75) is 31.9 Å². The van der Waals surface area contributed by atoms with Crippen molar-refractivity contribution in [1.29, 1.82) is 0 Å². The van der Waals surface area contributed by atoms with Crippen LogP contribution in [-0.2, 0) is 16.1 Å². The van der Waals surface area contributed by atoms with Crippen LogP contribution < -0.4 is 10.1 Å². The summed E-state index contributed by atoms with van der Waals surface area (Å²) in [5, 5.41) is 3.18. The summed E-state index contributed by atoms with van der Waals surface area (Å²) in [6.45, 7) is 1.20. The largest absolute Gasteiger partial charge is 0.497 e. The van der Waals surface area contributed by atoms with Crippen molar-refractivity contribution in [2.24, 2.45) is 0 Å². The summed E-state index contributed by atoms with van der Waals surface area (Å²) < 4.78 is 10.4. The van der Waals surface area contributed by atoms with E-state index in [9.17, 15) is 4.79 Å². The fraction of sp³-hybridized carbons (Fsp3) is 0.500. The Morgan fingerprint density at radius 1 is 1.44 bits per heavy atom. The molecule has 1 aromatic carbocycles. The molecular weight excluding hydrogens is 230 g/mol. The molecule has 1 aromatic rings. The number of piperidine rings is 1. The van der Waals surface area contributed by atoms with Crippen molar-refractivity contribution < 1.29 is 14.3 Å². The summed E-state index contributed by atoms with van der Waals surface area (Å²) in [6, 6.07) is 7.42. The monoisotopic (exact) mass is 249 g/mol. The molecular formula is C14H19NO3. The Hall–Kier alpha value is -1.55. The first-order valence-corrected chi connectivity index (χ1v) is 6.32. The van der Waals surface area contributed by atoms with Gasteiger partial charge in [0.1, 0.15) is 18.4 Å². The van der Waals surface area contributed by atoms with Crippen LogP contribution in [0, 0.1) is 0 Å². The van der Waals surface area contributed by atoms with Gasteiger partial charge in [0, 0.05) is 0 Å². The predicted molar refractivity (Wildman–Crippen MR) is 68.4 cm³/mol. The molecule has 1 aliphatic heterocycles. The van der Waals surface area contributed by atoms with E-state index in [0.29, 0.717) is 6.61 Å². The maximum Gasteiger partial charge on any atom is 0.323 e. The lowest BCUT2D eigenvalue weighted by Gasteiger charge is -2.21. The fourth-order valence-corrected chi connectivity index (χ4v) is 2.07. The van der Waals surface area contributed by atoms with Crippen molar-refractivity contribution in [2.75, 3.05) is 13.7 Å². The Kier molecular flexibility index (Phi) is 4.59. The molecule has 1 fully saturated rings. The van der Waals surface area contributed by atoms with Gasteiger partial charge in [-0.3, -0.25) is 4.79 Å². The Morgan fingerprint density at radius 2 is 2.33 bits per heavy atom. The van der Waals surface area contributed by atoms with E-state index < -0.39 is 0 Å². The van der Waals surface area contributed by atoms with E-state index in [0.717, 1.165) is 37.1 Å². The average Bonchev–Trinajstić information content (AvgIpc) is 2.46. The minimum Gasteiger partial charge on any atom is -0.497 e. The van der Waals surface area contributed by atoms with Crippen molar-refractivity contribution in [3.8, 4) is 5.75 Å². The summed E-state index contributed by atoms with van der Waals surface area (Å²) in [5.41, 5.74) is 0.943. The lowest BCUT2D eigenvalue weighted by molar-refractivity contribution is -0.148. The van der Waals surface area contributed by atoms with E-state index in [4.69, 9.17) is 9.47 Å². The first-order valence-electron chi connectivity index (χ1n) is 6.32. The van der Waals surface area contributed by atoms with Crippen LogP contribution in [0.25, 0.3) is 0 Å². The molecule has 2 rings (SSSR count). The minimum atomic E-state index is -0.155. The number of esters is 1. The lowest BCUT2D eigenvalue weighted by atomic mass is 10.1. The highest BCUT2D eigenvalue weighted by molar-refractivity contribution is 5.75. The minimum absolute atomic E-state index is 0.135. The number of rotatable bonds is 4. The molecule has 0 saturated carbocycles. The van der Waals surface area contributed by atoms with Gasteiger partial charge in [0.05, 0.1) is 7.11 Å². The van der Waals surface area contributed by atoms with Gasteiger partial charge < -0.3 is 14.8 Å². The highest BCUT2D eigenvalue weighted by Crippen LogP contribution is 2.14. The summed E-state index contributed by atoms with van der Waals surface area (Å²) in [6.07, 6.45) is 3.10. The molecule has 0 amide bonds. The summed E-state index contributed by atoms with van der Waals surface area (Å²) in [7, 11) is 1.62. The number of carbonyl (C=O) groups is 1. The lowest BCUT2D eigenvalue weighted by Crippen LogP contribution is -2.41. The average molecular weight is 249 g/mol. The van der Waals surface area contributed by atoms with E-state index in [1.54, 1.807) is 7.11 Å². The molecule has 0 aliphatic carbocycles. The van der Waals surface area contributed by atoms with Gasteiger partial charge in [0.25, 0.3) is 0 Å². The number of benzene rings is 1. The zero-order valence-electron chi connectivity index (χ0n) is 10.6. The Labute approximate surface area is 107 Å². The number of nitrogens with one attached hydrogen (secondary N) is 1. The molecule has 0 radical (unpaired) electrons. The highest BCUT2D eigenvalue weighted by atomic mass is 16.5. The molecule has 4 heteroatoms. The molecule has 1 heterocycles. The van der Waals surface area contributed by atoms with Crippen molar-refractivity contribution in [1.82, 2.24) is 5.32 Å². The van der Waals surface area contributed by atoms with Crippen LogP contribution in [0.3, 0.4) is 0 Å². The normalized spacial score (nSPS) is 19.3. The Balaban J connectivity index is 1.84. The van der Waals surface area contributed by atoms with E-state index in [1.165, 1.54) is 0 Å². The number of hydrogen-bond donors (Lipinski definition) is 1. The third-order valence-corrected chi connectivity index (χ3v) is 3.11. The molecule has 1 N–H and O–H groups in total. The van der Waals surface area contributed by atoms with Crippen LogP contribution in [0.1, 0.15) is 24.8 Å². The maximum atomic E-state index is 11.8. The van der Waals surface area contributed by atoms with Gasteiger partial charge in [-0.2, -0.15) is 0 Å². The SMILES string of the molecule is COc1cccc(COC(=O)[C@@H]2CCCCN2)c1. The molecule has 0 bridgehead atoms. The third-order valence-electron chi connectivity index (χ3n) is 3.11. The standard InChI is InChI=1S/C14H19NO3/c1-17-12-6-4-5-11(9-12)10-18-14(16)13-7-2-3-8-15-13/h4-6,9,13,15H,2-3,7-8,10H2,1H3/t13-/m0/s1. The number of ether oxygens (including phenoxy) is 2. The first-order chi connectivity index (χ1) is 8.79. The summed E-state index contributed by atoms with van der Waals surface area (Å²) >= 11 is 0. The Morgan fingerprint density at radius 3 is 3.06 bits per heavy atom. The van der Waals surface area contributed by atoms with Crippen LogP contribution in [0.4, 0.5) is 0 Å². The van der Waals surface area contributed by atoms with E-state index in [1.807, 2.05) is 24.3 Å². The van der Waals surface area contributed by atoms with Gasteiger partial charge in [-0.1, -0.05) is 18.6 Å². The molecule has 1 atom stereocenters. The second kappa shape index (κ2) is 6.40. The highest BCUT2D eigenvalue weighted by Gasteiger charge is 2.21. The summed E-state index contributed by atoms with van der Waals surface area (Å²) in [5.74, 6) is 0.622. The molecule has 98 valence electrons. The zero-order valence-corrected chi connectivity index (χ0v) is 10.6. The molecule has 1 saturated heterocycles. The molecule has 0 spiro atoms. The van der Waals surface area contributed by atoms with Crippen LogP contribution in [0.15, 0.2) is 24.3 Å². The molecule has 1 aliphatic rings. The van der Waals surface area contributed by atoms with Gasteiger partial charge in [-0.15, -0.1) is 0 Å². The van der Waals surface area contributed by atoms with Crippen LogP contribution in [-0.4, -0.2) is 25.7 Å². The van der Waals surface area contributed by atoms with Gasteiger partial charge in [-0.05, 0) is 37.1 Å². The smallest absolute Gasteiger partial charge is 0.323 e. The number of carbonyl (C=O) groups excluding carboxylic acids is 1. The quantitative estimate of drug-likeness (QED) is 0.828. The van der Waals surface area contributed by atoms with Crippen LogP contribution in [0.2, 0.25) is 0 Å². The molecule has 0 unspecified atom stereocenters. The molecule has 0 aromatic heterocycles. The van der Waals surface area contributed by atoms with Crippen molar-refractivity contribution in [3.05, 3.63) is 29.8 Å². The van der Waals surface area contributed by atoms with E-state index in [2.05, 4.69) is 5.32 Å². The third kappa shape index (κ3) is 3.47. The maximum absolute atomic E-state index is 11.8. The summed E-state index contributed by atoms with van der Waals surface area (Å²) in [4.78, 5) is 11.8.